The molecular formula is C14H30N2O2. The Hall–Kier alpha value is -0.610. The van der Waals surface area contributed by atoms with Gasteiger partial charge in [0.1, 0.15) is 0 Å². The fourth-order valence-electron chi connectivity index (χ4n) is 1.67. The lowest BCUT2D eigenvalue weighted by atomic mass is 10.0. The summed E-state index contributed by atoms with van der Waals surface area (Å²) < 4.78 is 5.87. The van der Waals surface area contributed by atoms with Crippen molar-refractivity contribution < 1.29 is 9.53 Å². The first-order valence-electron chi connectivity index (χ1n) is 6.88. The summed E-state index contributed by atoms with van der Waals surface area (Å²) >= 11 is 0. The largest absolute Gasteiger partial charge is 0.373 e. The van der Waals surface area contributed by atoms with E-state index in [1.54, 1.807) is 0 Å². The first-order chi connectivity index (χ1) is 8.22. The van der Waals surface area contributed by atoms with Crippen molar-refractivity contribution in [2.24, 2.45) is 0 Å². The smallest absolute Gasteiger partial charge is 0.222 e. The molecule has 0 atom stereocenters. The highest BCUT2D eigenvalue weighted by Gasteiger charge is 2.26. The average Bonchev–Trinajstić information content (AvgIpc) is 2.23. The SMILES string of the molecule is CCCNC(=O)CC(C)(C)OCC(C)(C)NCC. The Labute approximate surface area is 112 Å². The number of hydrogen-bond acceptors (Lipinski definition) is 3. The Kier molecular flexibility index (Phi) is 7.48. The van der Waals surface area contributed by atoms with Gasteiger partial charge < -0.3 is 15.4 Å². The van der Waals surface area contributed by atoms with Gasteiger partial charge in [-0.05, 0) is 40.7 Å². The van der Waals surface area contributed by atoms with E-state index in [-0.39, 0.29) is 11.4 Å². The minimum absolute atomic E-state index is 0.0584. The van der Waals surface area contributed by atoms with E-state index >= 15 is 0 Å². The van der Waals surface area contributed by atoms with Gasteiger partial charge >= 0.3 is 0 Å². The van der Waals surface area contributed by atoms with Crippen molar-refractivity contribution in [3.8, 4) is 0 Å². The van der Waals surface area contributed by atoms with Crippen molar-refractivity contribution in [2.75, 3.05) is 19.7 Å². The number of amides is 1. The van der Waals surface area contributed by atoms with Crippen molar-refractivity contribution in [3.05, 3.63) is 0 Å². The lowest BCUT2D eigenvalue weighted by Gasteiger charge is -2.32. The average molecular weight is 258 g/mol. The maximum Gasteiger partial charge on any atom is 0.222 e. The molecule has 0 unspecified atom stereocenters. The summed E-state index contributed by atoms with van der Waals surface area (Å²) in [7, 11) is 0. The van der Waals surface area contributed by atoms with Crippen LogP contribution >= 0.6 is 0 Å². The first kappa shape index (κ1) is 17.4. The highest BCUT2D eigenvalue weighted by atomic mass is 16.5. The van der Waals surface area contributed by atoms with Crippen LogP contribution < -0.4 is 10.6 Å². The van der Waals surface area contributed by atoms with E-state index in [0.29, 0.717) is 13.0 Å². The molecule has 0 fully saturated rings. The second-order valence-corrected chi connectivity index (χ2v) is 5.99. The van der Waals surface area contributed by atoms with Crippen LogP contribution in [0.4, 0.5) is 0 Å². The molecule has 2 N–H and O–H groups in total. The second kappa shape index (κ2) is 7.74. The highest BCUT2D eigenvalue weighted by Crippen LogP contribution is 2.17. The van der Waals surface area contributed by atoms with Crippen molar-refractivity contribution in [1.82, 2.24) is 10.6 Å². The second-order valence-electron chi connectivity index (χ2n) is 5.99. The standard InChI is InChI=1S/C14H30N2O2/c1-7-9-15-12(17)10-14(5,6)18-11-13(3,4)16-8-2/h16H,7-11H2,1-6H3,(H,15,17). The third kappa shape index (κ3) is 8.48. The molecule has 0 bridgehead atoms. The minimum atomic E-state index is -0.426. The summed E-state index contributed by atoms with van der Waals surface area (Å²) in [5.74, 6) is 0.0584. The van der Waals surface area contributed by atoms with Crippen LogP contribution in [-0.2, 0) is 9.53 Å². The van der Waals surface area contributed by atoms with Crippen LogP contribution in [0.25, 0.3) is 0 Å². The number of carbonyl (C=O) groups excluding carboxylic acids is 1. The van der Waals surface area contributed by atoms with E-state index in [0.717, 1.165) is 19.5 Å². The Morgan fingerprint density at radius 1 is 1.17 bits per heavy atom. The Morgan fingerprint density at radius 2 is 1.78 bits per heavy atom. The maximum absolute atomic E-state index is 11.7. The number of hydrogen-bond donors (Lipinski definition) is 2. The zero-order valence-corrected chi connectivity index (χ0v) is 12.9. The molecule has 0 rings (SSSR count). The van der Waals surface area contributed by atoms with Gasteiger partial charge in [-0.15, -0.1) is 0 Å². The molecule has 4 nitrogen and oxygen atoms in total. The van der Waals surface area contributed by atoms with Crippen LogP contribution in [0.15, 0.2) is 0 Å². The number of rotatable bonds is 9. The zero-order valence-electron chi connectivity index (χ0n) is 12.9. The van der Waals surface area contributed by atoms with Gasteiger partial charge in [0, 0.05) is 12.1 Å². The Balaban J connectivity index is 4.10. The summed E-state index contributed by atoms with van der Waals surface area (Å²) in [6, 6.07) is 0. The fraction of sp³-hybridized carbons (Fsp3) is 0.929. The molecule has 18 heavy (non-hydrogen) atoms. The Bertz CT molecular complexity index is 250. The molecule has 0 aromatic carbocycles. The van der Waals surface area contributed by atoms with Gasteiger partial charge in [-0.25, -0.2) is 0 Å². The third-order valence-corrected chi connectivity index (χ3v) is 2.64. The van der Waals surface area contributed by atoms with E-state index in [2.05, 4.69) is 31.4 Å². The van der Waals surface area contributed by atoms with E-state index in [1.807, 2.05) is 20.8 Å². The number of likely N-dealkylation sites (N-methyl/N-ethyl adjacent to an activating group) is 1. The molecule has 0 radical (unpaired) electrons. The van der Waals surface area contributed by atoms with Crippen LogP contribution in [0.2, 0.25) is 0 Å². The van der Waals surface area contributed by atoms with E-state index < -0.39 is 5.60 Å². The topological polar surface area (TPSA) is 50.4 Å². The molecule has 0 aliphatic rings. The molecule has 1 amide bonds. The van der Waals surface area contributed by atoms with Gasteiger partial charge in [-0.3, -0.25) is 4.79 Å². The van der Waals surface area contributed by atoms with Crippen molar-refractivity contribution in [1.29, 1.82) is 0 Å². The molecule has 0 aromatic rings. The predicted molar refractivity (Wildman–Crippen MR) is 75.7 cm³/mol. The van der Waals surface area contributed by atoms with Crippen molar-refractivity contribution in [2.45, 2.75) is 65.5 Å². The van der Waals surface area contributed by atoms with Crippen LogP contribution in [0.5, 0.6) is 0 Å². The van der Waals surface area contributed by atoms with E-state index in [9.17, 15) is 4.79 Å². The monoisotopic (exact) mass is 258 g/mol. The molecule has 0 aliphatic carbocycles. The van der Waals surface area contributed by atoms with Crippen molar-refractivity contribution in [3.63, 3.8) is 0 Å². The number of ether oxygens (including phenoxy) is 1. The van der Waals surface area contributed by atoms with Crippen LogP contribution in [0.1, 0.15) is 54.4 Å². The number of carbonyl (C=O) groups is 1. The highest BCUT2D eigenvalue weighted by molar-refractivity contribution is 5.76. The lowest BCUT2D eigenvalue weighted by molar-refractivity contribution is -0.128. The molecule has 0 aromatic heterocycles. The molecule has 4 heteroatoms. The Morgan fingerprint density at radius 3 is 2.28 bits per heavy atom. The molecule has 0 heterocycles. The van der Waals surface area contributed by atoms with Crippen molar-refractivity contribution >= 4 is 5.91 Å². The van der Waals surface area contributed by atoms with Gasteiger partial charge in [-0.2, -0.15) is 0 Å². The lowest BCUT2D eigenvalue weighted by Crippen LogP contribution is -2.46. The van der Waals surface area contributed by atoms with E-state index in [1.165, 1.54) is 0 Å². The van der Waals surface area contributed by atoms with Gasteiger partial charge in [0.2, 0.25) is 5.91 Å². The fourth-order valence-corrected chi connectivity index (χ4v) is 1.67. The predicted octanol–water partition coefficient (Wildman–Crippen LogP) is 2.09. The zero-order chi connectivity index (χ0) is 14.2. The van der Waals surface area contributed by atoms with Gasteiger partial charge in [0.15, 0.2) is 0 Å². The summed E-state index contributed by atoms with van der Waals surface area (Å²) in [6.07, 6.45) is 1.36. The molecule has 108 valence electrons. The minimum Gasteiger partial charge on any atom is -0.373 e. The van der Waals surface area contributed by atoms with Crippen LogP contribution in [0.3, 0.4) is 0 Å². The normalized spacial score (nSPS) is 12.6. The van der Waals surface area contributed by atoms with Gasteiger partial charge in [0.25, 0.3) is 0 Å². The molecule has 0 aliphatic heterocycles. The first-order valence-corrected chi connectivity index (χ1v) is 6.88. The van der Waals surface area contributed by atoms with Gasteiger partial charge in [0.05, 0.1) is 18.6 Å². The summed E-state index contributed by atoms with van der Waals surface area (Å²) in [6.45, 7) is 14.5. The summed E-state index contributed by atoms with van der Waals surface area (Å²) in [4.78, 5) is 11.7. The maximum atomic E-state index is 11.7. The molecule has 0 saturated carbocycles. The third-order valence-electron chi connectivity index (χ3n) is 2.64. The van der Waals surface area contributed by atoms with Gasteiger partial charge in [-0.1, -0.05) is 13.8 Å². The molecular weight excluding hydrogens is 228 g/mol. The molecule has 0 spiro atoms. The summed E-state index contributed by atoms with van der Waals surface area (Å²) in [5, 5.41) is 6.23. The number of nitrogens with one attached hydrogen (secondary N) is 2. The molecule has 0 saturated heterocycles. The van der Waals surface area contributed by atoms with Crippen LogP contribution in [0, 0.1) is 0 Å². The van der Waals surface area contributed by atoms with Crippen LogP contribution in [-0.4, -0.2) is 36.7 Å². The van der Waals surface area contributed by atoms with E-state index in [4.69, 9.17) is 4.74 Å². The quantitative estimate of drug-likeness (QED) is 0.666. The summed E-state index contributed by atoms with van der Waals surface area (Å²) in [5.41, 5.74) is -0.490.